The lowest BCUT2D eigenvalue weighted by Gasteiger charge is -2.10. The third-order valence-electron chi connectivity index (χ3n) is 2.80. The van der Waals surface area contributed by atoms with Crippen molar-refractivity contribution in [2.75, 3.05) is 0 Å². The molecule has 2 rings (SSSR count). The molecule has 0 aliphatic rings. The van der Waals surface area contributed by atoms with Crippen LogP contribution in [0.4, 0.5) is 4.39 Å². The zero-order chi connectivity index (χ0) is 13.8. The van der Waals surface area contributed by atoms with Gasteiger partial charge in [0, 0.05) is 11.6 Å². The molecule has 0 bridgehead atoms. The minimum absolute atomic E-state index is 0.0932. The zero-order valence-electron chi connectivity index (χ0n) is 10.7. The van der Waals surface area contributed by atoms with Crippen LogP contribution in [-0.4, -0.2) is 21.5 Å². The summed E-state index contributed by atoms with van der Waals surface area (Å²) in [5.41, 5.74) is 1.18. The minimum Gasteiger partial charge on any atom is -0.349 e. The second-order valence-electron chi connectivity index (χ2n) is 4.24. The van der Waals surface area contributed by atoms with Crippen LogP contribution in [0.2, 0.25) is 0 Å². The van der Waals surface area contributed by atoms with E-state index in [2.05, 4.69) is 14.9 Å². The van der Waals surface area contributed by atoms with Crippen molar-refractivity contribution < 1.29 is 9.18 Å². The molecule has 1 unspecified atom stereocenters. The third-order valence-corrected chi connectivity index (χ3v) is 3.53. The molecular formula is C13H14FN3OS. The molecule has 100 valence electrons. The second-order valence-corrected chi connectivity index (χ2v) is 4.99. The van der Waals surface area contributed by atoms with Crippen molar-refractivity contribution in [3.8, 4) is 11.3 Å². The summed E-state index contributed by atoms with van der Waals surface area (Å²) in [6.45, 7) is 3.93. The van der Waals surface area contributed by atoms with E-state index in [0.29, 0.717) is 16.1 Å². The Morgan fingerprint density at radius 1 is 1.42 bits per heavy atom. The van der Waals surface area contributed by atoms with Crippen LogP contribution < -0.4 is 5.32 Å². The number of aromatic nitrogens is 2. The first-order chi connectivity index (χ1) is 9.11. The van der Waals surface area contributed by atoms with Crippen LogP contribution in [0.15, 0.2) is 24.3 Å². The van der Waals surface area contributed by atoms with Gasteiger partial charge in [-0.25, -0.2) is 4.39 Å². The maximum absolute atomic E-state index is 12.9. The van der Waals surface area contributed by atoms with Crippen LogP contribution in [0.3, 0.4) is 0 Å². The van der Waals surface area contributed by atoms with Gasteiger partial charge in [0.1, 0.15) is 16.4 Å². The van der Waals surface area contributed by atoms with E-state index in [1.807, 2.05) is 13.8 Å². The Bertz CT molecular complexity index is 568. The predicted molar refractivity (Wildman–Crippen MR) is 72.5 cm³/mol. The molecule has 1 heterocycles. The van der Waals surface area contributed by atoms with E-state index < -0.39 is 0 Å². The normalized spacial score (nSPS) is 12.2. The SMILES string of the molecule is CCC(C)NC(=O)c1snnc1-c1ccc(F)cc1. The molecule has 0 aliphatic heterocycles. The third kappa shape index (κ3) is 3.14. The fourth-order valence-corrected chi connectivity index (χ4v) is 2.12. The topological polar surface area (TPSA) is 54.9 Å². The molecule has 1 aromatic heterocycles. The van der Waals surface area contributed by atoms with Crippen LogP contribution in [0.25, 0.3) is 11.3 Å². The molecule has 0 fully saturated rings. The summed E-state index contributed by atoms with van der Waals surface area (Å²) in [5, 5.41) is 6.83. The quantitative estimate of drug-likeness (QED) is 0.936. The molecule has 1 atom stereocenters. The van der Waals surface area contributed by atoms with Crippen LogP contribution in [0, 0.1) is 5.82 Å². The molecule has 19 heavy (non-hydrogen) atoms. The summed E-state index contributed by atoms with van der Waals surface area (Å²) in [4.78, 5) is 12.5. The summed E-state index contributed by atoms with van der Waals surface area (Å²) >= 11 is 1.04. The predicted octanol–water partition coefficient (Wildman–Crippen LogP) is 2.87. The highest BCUT2D eigenvalue weighted by atomic mass is 32.1. The first kappa shape index (κ1) is 13.6. The highest BCUT2D eigenvalue weighted by molar-refractivity contribution is 7.08. The van der Waals surface area contributed by atoms with Crippen molar-refractivity contribution in [1.29, 1.82) is 0 Å². The lowest BCUT2D eigenvalue weighted by atomic mass is 10.1. The Labute approximate surface area is 114 Å². The minimum atomic E-state index is -0.322. The Hall–Kier alpha value is -1.82. The molecule has 1 aromatic carbocycles. The standard InChI is InChI=1S/C13H14FN3OS/c1-3-8(2)15-13(18)12-11(16-17-19-12)9-4-6-10(14)7-5-9/h4-8H,3H2,1-2H3,(H,15,18). The van der Waals surface area contributed by atoms with E-state index in [0.717, 1.165) is 18.0 Å². The highest BCUT2D eigenvalue weighted by Gasteiger charge is 2.18. The number of nitrogens with one attached hydrogen (secondary N) is 1. The summed E-state index contributed by atoms with van der Waals surface area (Å²) in [7, 11) is 0. The summed E-state index contributed by atoms with van der Waals surface area (Å²) < 4.78 is 16.7. The number of rotatable bonds is 4. The van der Waals surface area contributed by atoms with Crippen LogP contribution >= 0.6 is 11.5 Å². The maximum atomic E-state index is 12.9. The van der Waals surface area contributed by atoms with Crippen LogP contribution in [0.1, 0.15) is 29.9 Å². The van der Waals surface area contributed by atoms with Crippen molar-refractivity contribution in [3.05, 3.63) is 35.0 Å². The van der Waals surface area contributed by atoms with Gasteiger partial charge in [-0.1, -0.05) is 11.4 Å². The fraction of sp³-hybridized carbons (Fsp3) is 0.308. The van der Waals surface area contributed by atoms with Gasteiger partial charge in [0.05, 0.1) is 0 Å². The number of halogens is 1. The van der Waals surface area contributed by atoms with Crippen molar-refractivity contribution >= 4 is 17.4 Å². The molecule has 1 N–H and O–H groups in total. The number of hydrogen-bond acceptors (Lipinski definition) is 4. The average molecular weight is 279 g/mol. The average Bonchev–Trinajstić information content (AvgIpc) is 2.88. The van der Waals surface area contributed by atoms with E-state index in [4.69, 9.17) is 0 Å². The van der Waals surface area contributed by atoms with Gasteiger partial charge in [-0.2, -0.15) is 0 Å². The van der Waals surface area contributed by atoms with E-state index in [1.54, 1.807) is 12.1 Å². The zero-order valence-corrected chi connectivity index (χ0v) is 11.5. The van der Waals surface area contributed by atoms with Crippen molar-refractivity contribution in [2.24, 2.45) is 0 Å². The van der Waals surface area contributed by atoms with Gasteiger partial charge < -0.3 is 5.32 Å². The van der Waals surface area contributed by atoms with Crippen LogP contribution in [0.5, 0.6) is 0 Å². The molecular weight excluding hydrogens is 265 g/mol. The first-order valence-corrected chi connectivity index (χ1v) is 6.78. The lowest BCUT2D eigenvalue weighted by molar-refractivity contribution is 0.0944. The van der Waals surface area contributed by atoms with Gasteiger partial charge in [0.15, 0.2) is 0 Å². The van der Waals surface area contributed by atoms with Gasteiger partial charge in [0.25, 0.3) is 5.91 Å². The Kier molecular flexibility index (Phi) is 4.21. The Balaban J connectivity index is 2.27. The Morgan fingerprint density at radius 3 is 2.74 bits per heavy atom. The number of carbonyl (C=O) groups excluding carboxylic acids is 1. The van der Waals surface area contributed by atoms with Gasteiger partial charge in [0.2, 0.25) is 0 Å². The monoisotopic (exact) mass is 279 g/mol. The van der Waals surface area contributed by atoms with Crippen LogP contribution in [-0.2, 0) is 0 Å². The van der Waals surface area contributed by atoms with E-state index >= 15 is 0 Å². The summed E-state index contributed by atoms with van der Waals surface area (Å²) in [5.74, 6) is -0.513. The molecule has 0 aliphatic carbocycles. The number of hydrogen-bond donors (Lipinski definition) is 1. The number of nitrogens with zero attached hydrogens (tertiary/aromatic N) is 2. The summed E-state index contributed by atoms with van der Waals surface area (Å²) in [6.07, 6.45) is 0.851. The largest absolute Gasteiger partial charge is 0.349 e. The molecule has 0 radical (unpaired) electrons. The van der Waals surface area contributed by atoms with E-state index in [9.17, 15) is 9.18 Å². The molecule has 0 saturated carbocycles. The number of benzene rings is 1. The van der Waals surface area contributed by atoms with Gasteiger partial charge in [-0.15, -0.1) is 5.10 Å². The van der Waals surface area contributed by atoms with Crippen molar-refractivity contribution in [1.82, 2.24) is 14.9 Å². The molecule has 4 nitrogen and oxygen atoms in total. The van der Waals surface area contributed by atoms with Gasteiger partial charge in [-0.05, 0) is 49.1 Å². The maximum Gasteiger partial charge on any atom is 0.265 e. The van der Waals surface area contributed by atoms with Gasteiger partial charge >= 0.3 is 0 Å². The first-order valence-electron chi connectivity index (χ1n) is 6.01. The number of carbonyl (C=O) groups is 1. The number of amides is 1. The molecule has 2 aromatic rings. The summed E-state index contributed by atoms with van der Waals surface area (Å²) in [6, 6.07) is 5.95. The molecule has 0 spiro atoms. The highest BCUT2D eigenvalue weighted by Crippen LogP contribution is 2.24. The lowest BCUT2D eigenvalue weighted by Crippen LogP contribution is -2.31. The van der Waals surface area contributed by atoms with Crippen molar-refractivity contribution in [3.63, 3.8) is 0 Å². The van der Waals surface area contributed by atoms with Crippen molar-refractivity contribution in [2.45, 2.75) is 26.3 Å². The smallest absolute Gasteiger partial charge is 0.265 e. The molecule has 0 saturated heterocycles. The van der Waals surface area contributed by atoms with E-state index in [1.165, 1.54) is 12.1 Å². The van der Waals surface area contributed by atoms with E-state index in [-0.39, 0.29) is 17.8 Å². The molecule has 6 heteroatoms. The molecule has 1 amide bonds. The van der Waals surface area contributed by atoms with Gasteiger partial charge in [-0.3, -0.25) is 4.79 Å². The second kappa shape index (κ2) is 5.88. The Morgan fingerprint density at radius 2 is 2.11 bits per heavy atom. The fourth-order valence-electron chi connectivity index (χ4n) is 1.53.